The largest absolute Gasteiger partial charge is 0.348 e. The van der Waals surface area contributed by atoms with E-state index in [0.29, 0.717) is 0 Å². The predicted molar refractivity (Wildman–Crippen MR) is 83.5 cm³/mol. The summed E-state index contributed by atoms with van der Waals surface area (Å²) in [5.74, 6) is 1.02. The van der Waals surface area contributed by atoms with Crippen LogP contribution >= 0.6 is 0 Å². The molecule has 0 spiro atoms. The molecule has 0 aliphatic heterocycles. The van der Waals surface area contributed by atoms with Crippen LogP contribution in [0.4, 0.5) is 5.82 Å². The Labute approximate surface area is 117 Å². The zero-order valence-corrected chi connectivity index (χ0v) is 12.7. The van der Waals surface area contributed by atoms with E-state index >= 15 is 0 Å². The highest BCUT2D eigenvalue weighted by atomic mass is 15.2. The van der Waals surface area contributed by atoms with E-state index in [2.05, 4.69) is 62.7 Å². The maximum absolute atomic E-state index is 4.75. The van der Waals surface area contributed by atoms with E-state index < -0.39 is 0 Å². The first-order valence-corrected chi connectivity index (χ1v) is 7.04. The summed E-state index contributed by atoms with van der Waals surface area (Å²) in [5, 5.41) is 3.39. The molecule has 0 bridgehead atoms. The van der Waals surface area contributed by atoms with Gasteiger partial charge in [-0.3, -0.25) is 0 Å². The molecule has 0 unspecified atom stereocenters. The topological polar surface area (TPSA) is 28.2 Å². The molecule has 0 radical (unpaired) electrons. The van der Waals surface area contributed by atoms with Gasteiger partial charge in [-0.25, -0.2) is 4.98 Å². The zero-order chi connectivity index (χ0) is 14.3. The lowest BCUT2D eigenvalue weighted by molar-refractivity contribution is 0.516. The second-order valence-electron chi connectivity index (χ2n) is 5.73. The molecule has 1 rings (SSSR count). The van der Waals surface area contributed by atoms with E-state index in [1.54, 1.807) is 0 Å². The van der Waals surface area contributed by atoms with Crippen molar-refractivity contribution < 1.29 is 0 Å². The Morgan fingerprint density at radius 3 is 2.68 bits per heavy atom. The van der Waals surface area contributed by atoms with Gasteiger partial charge in [-0.1, -0.05) is 19.1 Å². The summed E-state index contributed by atoms with van der Waals surface area (Å²) >= 11 is 0. The number of anilines is 1. The van der Waals surface area contributed by atoms with Crippen molar-refractivity contribution in [1.82, 2.24) is 10.3 Å². The van der Waals surface area contributed by atoms with Crippen molar-refractivity contribution in [3.05, 3.63) is 36.5 Å². The molecule has 0 amide bonds. The van der Waals surface area contributed by atoms with Crippen LogP contribution in [0.3, 0.4) is 0 Å². The quantitative estimate of drug-likeness (QED) is 0.602. The lowest BCUT2D eigenvalue weighted by atomic mass is 10.1. The summed E-state index contributed by atoms with van der Waals surface area (Å²) < 4.78 is 0. The van der Waals surface area contributed by atoms with Crippen molar-refractivity contribution in [3.8, 4) is 0 Å². The molecule has 0 aliphatic carbocycles. The van der Waals surface area contributed by atoms with Gasteiger partial charge in [0, 0.05) is 18.6 Å². The van der Waals surface area contributed by atoms with Gasteiger partial charge in [0.1, 0.15) is 5.82 Å². The van der Waals surface area contributed by atoms with Gasteiger partial charge in [0.15, 0.2) is 0 Å². The maximum Gasteiger partial charge on any atom is 0.129 e. The Hall–Kier alpha value is -1.35. The van der Waals surface area contributed by atoms with Crippen molar-refractivity contribution in [1.29, 1.82) is 0 Å². The summed E-state index contributed by atoms with van der Waals surface area (Å²) in [7, 11) is 0. The van der Waals surface area contributed by atoms with Crippen LogP contribution in [-0.4, -0.2) is 23.6 Å². The van der Waals surface area contributed by atoms with E-state index in [1.165, 1.54) is 0 Å². The summed E-state index contributed by atoms with van der Waals surface area (Å²) in [4.78, 5) is 7.01. The Morgan fingerprint density at radius 1 is 1.37 bits per heavy atom. The second-order valence-corrected chi connectivity index (χ2v) is 5.73. The molecule has 0 fully saturated rings. The molecule has 3 nitrogen and oxygen atoms in total. The minimum absolute atomic E-state index is 0.0384. The maximum atomic E-state index is 4.75. The van der Waals surface area contributed by atoms with Gasteiger partial charge in [0.2, 0.25) is 0 Å². The van der Waals surface area contributed by atoms with Gasteiger partial charge >= 0.3 is 0 Å². The molecule has 3 heteroatoms. The number of nitrogens with one attached hydrogen (secondary N) is 1. The van der Waals surface area contributed by atoms with Crippen molar-refractivity contribution in [2.75, 3.05) is 18.0 Å². The highest BCUT2D eigenvalue weighted by Gasteiger charge is 2.21. The predicted octanol–water partition coefficient (Wildman–Crippen LogP) is 3.37. The third-order valence-corrected chi connectivity index (χ3v) is 2.92. The normalized spacial score (nSPS) is 11.4. The molecule has 1 aromatic rings. The van der Waals surface area contributed by atoms with Gasteiger partial charge in [0.25, 0.3) is 0 Å². The van der Waals surface area contributed by atoms with Gasteiger partial charge in [0.05, 0.1) is 5.69 Å². The molecule has 1 heterocycles. The fourth-order valence-electron chi connectivity index (χ4n) is 1.95. The van der Waals surface area contributed by atoms with Gasteiger partial charge in [-0.05, 0) is 45.9 Å². The molecule has 0 atom stereocenters. The Bertz CT molecular complexity index is 393. The van der Waals surface area contributed by atoms with Gasteiger partial charge in [-0.2, -0.15) is 0 Å². The number of hydrogen-bond donors (Lipinski definition) is 1. The molecule has 1 aromatic heterocycles. The number of rotatable bonds is 7. The first-order chi connectivity index (χ1) is 8.99. The van der Waals surface area contributed by atoms with E-state index in [4.69, 9.17) is 4.98 Å². The van der Waals surface area contributed by atoms with Crippen molar-refractivity contribution in [3.63, 3.8) is 0 Å². The smallest absolute Gasteiger partial charge is 0.129 e. The zero-order valence-electron chi connectivity index (χ0n) is 12.7. The van der Waals surface area contributed by atoms with E-state index in [9.17, 15) is 0 Å². The van der Waals surface area contributed by atoms with Crippen LogP contribution < -0.4 is 10.2 Å². The fourth-order valence-corrected chi connectivity index (χ4v) is 1.95. The van der Waals surface area contributed by atoms with E-state index in [0.717, 1.165) is 37.6 Å². The van der Waals surface area contributed by atoms with Crippen LogP contribution in [0.1, 0.15) is 39.8 Å². The Kier molecular flexibility index (Phi) is 6.03. The average Bonchev–Trinajstić information content (AvgIpc) is 2.35. The lowest BCUT2D eigenvalue weighted by Crippen LogP contribution is -2.42. The molecule has 0 saturated heterocycles. The van der Waals surface area contributed by atoms with Crippen LogP contribution in [-0.2, 0) is 6.54 Å². The average molecular weight is 261 g/mol. The third kappa shape index (κ3) is 5.03. The second kappa shape index (κ2) is 7.29. The fraction of sp³-hybridized carbons (Fsp3) is 0.562. The van der Waals surface area contributed by atoms with Gasteiger partial charge < -0.3 is 10.2 Å². The number of nitrogens with zero attached hydrogens (tertiary/aromatic N) is 2. The molecule has 19 heavy (non-hydrogen) atoms. The van der Waals surface area contributed by atoms with E-state index in [-0.39, 0.29) is 5.54 Å². The number of pyridine rings is 1. The highest BCUT2D eigenvalue weighted by molar-refractivity contribution is 5.42. The number of aromatic nitrogens is 1. The molecule has 0 aliphatic rings. The van der Waals surface area contributed by atoms with Crippen molar-refractivity contribution >= 4 is 5.82 Å². The molecule has 1 N–H and O–H groups in total. The minimum atomic E-state index is 0.0384. The van der Waals surface area contributed by atoms with E-state index in [1.807, 2.05) is 6.08 Å². The lowest BCUT2D eigenvalue weighted by Gasteiger charge is -2.36. The SMILES string of the molecule is C=CCN(c1cccc(CNCCC)n1)C(C)(C)C. The summed E-state index contributed by atoms with van der Waals surface area (Å²) in [6.45, 7) is 15.3. The highest BCUT2D eigenvalue weighted by Crippen LogP contribution is 2.21. The molecule has 0 aromatic carbocycles. The van der Waals surface area contributed by atoms with Crippen LogP contribution in [0.25, 0.3) is 0 Å². The van der Waals surface area contributed by atoms with Crippen LogP contribution in [0.15, 0.2) is 30.9 Å². The van der Waals surface area contributed by atoms with Crippen molar-refractivity contribution in [2.24, 2.45) is 0 Å². The first kappa shape index (κ1) is 15.7. The summed E-state index contributed by atoms with van der Waals surface area (Å²) in [6.07, 6.45) is 3.07. The minimum Gasteiger partial charge on any atom is -0.348 e. The molecular weight excluding hydrogens is 234 g/mol. The van der Waals surface area contributed by atoms with Crippen LogP contribution in [0.5, 0.6) is 0 Å². The molecule has 0 saturated carbocycles. The van der Waals surface area contributed by atoms with Gasteiger partial charge in [-0.15, -0.1) is 6.58 Å². The first-order valence-electron chi connectivity index (χ1n) is 7.04. The van der Waals surface area contributed by atoms with Crippen molar-refractivity contribution in [2.45, 2.75) is 46.2 Å². The standard InChI is InChI=1S/C16H27N3/c1-6-11-17-13-14-9-8-10-15(18-14)19(12-7-2)16(3,4)5/h7-10,17H,2,6,11-13H2,1,3-5H3. The monoisotopic (exact) mass is 261 g/mol. The Balaban J connectivity index is 2.85. The van der Waals surface area contributed by atoms with Crippen LogP contribution in [0.2, 0.25) is 0 Å². The third-order valence-electron chi connectivity index (χ3n) is 2.92. The summed E-state index contributed by atoms with van der Waals surface area (Å²) in [5.41, 5.74) is 1.13. The Morgan fingerprint density at radius 2 is 2.11 bits per heavy atom. The molecule has 106 valence electrons. The summed E-state index contributed by atoms with van der Waals surface area (Å²) in [6, 6.07) is 6.21. The number of hydrogen-bond acceptors (Lipinski definition) is 3. The molecular formula is C16H27N3. The van der Waals surface area contributed by atoms with Crippen LogP contribution in [0, 0.1) is 0 Å².